The number of anilines is 2. The Kier molecular flexibility index (Phi) is 6.38. The van der Waals surface area contributed by atoms with Crippen LogP contribution in [0.15, 0.2) is 42.6 Å². The molecule has 9 heteroatoms. The third kappa shape index (κ3) is 4.85. The van der Waals surface area contributed by atoms with Crippen LogP contribution < -0.4 is 15.1 Å². The smallest absolute Gasteiger partial charge is 0.251 e. The molecule has 2 amide bonds. The minimum absolute atomic E-state index is 0.00567. The molecule has 0 atom stereocenters. The van der Waals surface area contributed by atoms with Crippen LogP contribution in [0.3, 0.4) is 0 Å². The van der Waals surface area contributed by atoms with Gasteiger partial charge in [-0.15, -0.1) is 5.10 Å². The maximum absolute atomic E-state index is 12.5. The van der Waals surface area contributed by atoms with Crippen LogP contribution >= 0.6 is 0 Å². The van der Waals surface area contributed by atoms with E-state index in [1.54, 1.807) is 35.4 Å². The second-order valence-corrected chi connectivity index (χ2v) is 7.29. The maximum atomic E-state index is 12.5. The molecule has 2 aliphatic heterocycles. The van der Waals surface area contributed by atoms with Crippen LogP contribution in [0.25, 0.3) is 0 Å². The maximum Gasteiger partial charge on any atom is 0.251 e. The van der Waals surface area contributed by atoms with Gasteiger partial charge in [-0.05, 0) is 12.1 Å². The quantitative estimate of drug-likeness (QED) is 0.763. The van der Waals surface area contributed by atoms with Gasteiger partial charge in [-0.2, -0.15) is 5.10 Å². The van der Waals surface area contributed by atoms with Gasteiger partial charge in [0.2, 0.25) is 5.91 Å². The number of carbonyl (C=O) groups is 2. The van der Waals surface area contributed by atoms with E-state index in [9.17, 15) is 9.59 Å². The van der Waals surface area contributed by atoms with Gasteiger partial charge in [0.15, 0.2) is 5.82 Å². The van der Waals surface area contributed by atoms with Crippen LogP contribution in [0.4, 0.5) is 11.5 Å². The zero-order valence-electron chi connectivity index (χ0n) is 16.9. The van der Waals surface area contributed by atoms with Gasteiger partial charge >= 0.3 is 0 Å². The summed E-state index contributed by atoms with van der Waals surface area (Å²) in [6.07, 6.45) is 1.77. The summed E-state index contributed by atoms with van der Waals surface area (Å²) in [5.41, 5.74) is 1.56. The van der Waals surface area contributed by atoms with Crippen LogP contribution in [0.1, 0.15) is 10.4 Å². The van der Waals surface area contributed by atoms with Crippen molar-refractivity contribution < 1.29 is 14.3 Å². The predicted molar refractivity (Wildman–Crippen MR) is 113 cm³/mol. The van der Waals surface area contributed by atoms with E-state index in [1.165, 1.54) is 0 Å². The van der Waals surface area contributed by atoms with Crippen molar-refractivity contribution in [3.05, 3.63) is 48.2 Å². The second-order valence-electron chi connectivity index (χ2n) is 7.29. The SMILES string of the molecule is O=C(NCC(=O)N1CCN(c2cnnc(N3CCOCC3)c2)CC1)c1ccccc1. The van der Waals surface area contributed by atoms with Crippen molar-refractivity contribution in [1.82, 2.24) is 20.4 Å². The highest BCUT2D eigenvalue weighted by Gasteiger charge is 2.23. The minimum atomic E-state index is -0.235. The molecule has 1 aromatic carbocycles. The van der Waals surface area contributed by atoms with Crippen molar-refractivity contribution in [2.45, 2.75) is 0 Å². The molecule has 4 rings (SSSR count). The Balaban J connectivity index is 1.27. The van der Waals surface area contributed by atoms with Gasteiger partial charge in [0.05, 0.1) is 31.6 Å². The van der Waals surface area contributed by atoms with Gasteiger partial charge in [0.1, 0.15) is 0 Å². The van der Waals surface area contributed by atoms with Crippen molar-refractivity contribution in [3.8, 4) is 0 Å². The van der Waals surface area contributed by atoms with Crippen molar-refractivity contribution >= 4 is 23.3 Å². The normalized spacial score (nSPS) is 17.0. The molecular formula is C21H26N6O3. The molecule has 0 spiro atoms. The second kappa shape index (κ2) is 9.53. The highest BCUT2D eigenvalue weighted by atomic mass is 16.5. The summed E-state index contributed by atoms with van der Waals surface area (Å²) in [6, 6.07) is 11.0. The standard InChI is InChI=1S/C21H26N6O3/c28-20(16-22-21(29)17-4-2-1-3-5-17)27-8-6-25(7-9-27)18-14-19(24-23-15-18)26-10-12-30-13-11-26/h1-5,14-15H,6-13,16H2,(H,22,29). The number of aromatic nitrogens is 2. The number of hydrogen-bond donors (Lipinski definition) is 1. The number of morpholine rings is 1. The molecule has 3 heterocycles. The number of piperazine rings is 1. The lowest BCUT2D eigenvalue weighted by Gasteiger charge is -2.36. The molecule has 2 aliphatic rings. The summed E-state index contributed by atoms with van der Waals surface area (Å²) in [5, 5.41) is 11.1. The van der Waals surface area contributed by atoms with Crippen molar-refractivity contribution in [3.63, 3.8) is 0 Å². The molecule has 1 N–H and O–H groups in total. The first kappa shape index (κ1) is 20.1. The Hall–Kier alpha value is -3.20. The monoisotopic (exact) mass is 410 g/mol. The molecule has 158 valence electrons. The largest absolute Gasteiger partial charge is 0.378 e. The molecule has 0 aliphatic carbocycles. The van der Waals surface area contributed by atoms with Crippen molar-refractivity contribution in [2.24, 2.45) is 0 Å². The first-order chi connectivity index (χ1) is 14.7. The topological polar surface area (TPSA) is 90.9 Å². The average molecular weight is 410 g/mol. The molecule has 2 saturated heterocycles. The van der Waals surface area contributed by atoms with E-state index in [0.29, 0.717) is 45.0 Å². The molecule has 2 fully saturated rings. The number of rotatable bonds is 5. The van der Waals surface area contributed by atoms with E-state index in [0.717, 1.165) is 24.6 Å². The van der Waals surface area contributed by atoms with Gasteiger partial charge in [0, 0.05) is 50.9 Å². The average Bonchev–Trinajstić information content (AvgIpc) is 2.83. The van der Waals surface area contributed by atoms with Crippen LogP contribution in [-0.4, -0.2) is 85.9 Å². The molecule has 0 bridgehead atoms. The summed E-state index contributed by atoms with van der Waals surface area (Å²) in [7, 11) is 0. The van der Waals surface area contributed by atoms with Crippen LogP contribution in [0.5, 0.6) is 0 Å². The number of ether oxygens (including phenoxy) is 1. The lowest BCUT2D eigenvalue weighted by atomic mass is 10.2. The predicted octanol–water partition coefficient (Wildman–Crippen LogP) is 0.392. The van der Waals surface area contributed by atoms with Gasteiger partial charge in [-0.25, -0.2) is 0 Å². The van der Waals surface area contributed by atoms with E-state index in [4.69, 9.17) is 4.74 Å². The number of nitrogens with zero attached hydrogens (tertiary/aromatic N) is 5. The Morgan fingerprint density at radius 2 is 1.70 bits per heavy atom. The van der Waals surface area contributed by atoms with E-state index >= 15 is 0 Å². The van der Waals surface area contributed by atoms with Crippen molar-refractivity contribution in [1.29, 1.82) is 0 Å². The Morgan fingerprint density at radius 1 is 0.967 bits per heavy atom. The summed E-state index contributed by atoms with van der Waals surface area (Å²) in [5.74, 6) is 0.555. The summed E-state index contributed by atoms with van der Waals surface area (Å²) in [6.45, 7) is 5.68. The number of amides is 2. The fourth-order valence-corrected chi connectivity index (χ4v) is 3.64. The number of benzene rings is 1. The zero-order valence-corrected chi connectivity index (χ0v) is 16.9. The third-order valence-electron chi connectivity index (χ3n) is 5.40. The number of hydrogen-bond acceptors (Lipinski definition) is 7. The summed E-state index contributed by atoms with van der Waals surface area (Å²) in [4.78, 5) is 30.8. The van der Waals surface area contributed by atoms with Gasteiger partial charge in [-0.1, -0.05) is 18.2 Å². The van der Waals surface area contributed by atoms with E-state index in [1.807, 2.05) is 6.07 Å². The van der Waals surface area contributed by atoms with E-state index < -0.39 is 0 Å². The lowest BCUT2D eigenvalue weighted by molar-refractivity contribution is -0.130. The van der Waals surface area contributed by atoms with Gasteiger partial charge in [0.25, 0.3) is 5.91 Å². The van der Waals surface area contributed by atoms with Crippen LogP contribution in [-0.2, 0) is 9.53 Å². The Morgan fingerprint density at radius 3 is 2.43 bits per heavy atom. The molecule has 2 aromatic rings. The highest BCUT2D eigenvalue weighted by Crippen LogP contribution is 2.21. The van der Waals surface area contributed by atoms with Crippen molar-refractivity contribution in [2.75, 3.05) is 68.8 Å². The first-order valence-electron chi connectivity index (χ1n) is 10.2. The molecular weight excluding hydrogens is 384 g/mol. The third-order valence-corrected chi connectivity index (χ3v) is 5.40. The molecule has 0 unspecified atom stereocenters. The van der Waals surface area contributed by atoms with Crippen LogP contribution in [0, 0.1) is 0 Å². The fraction of sp³-hybridized carbons (Fsp3) is 0.429. The molecule has 1 aromatic heterocycles. The zero-order chi connectivity index (χ0) is 20.8. The highest BCUT2D eigenvalue weighted by molar-refractivity contribution is 5.96. The lowest BCUT2D eigenvalue weighted by Crippen LogP contribution is -2.51. The Bertz CT molecular complexity index is 864. The molecule has 0 saturated carbocycles. The summed E-state index contributed by atoms with van der Waals surface area (Å²) >= 11 is 0. The Labute approximate surface area is 175 Å². The molecule has 30 heavy (non-hydrogen) atoms. The van der Waals surface area contributed by atoms with Gasteiger partial charge < -0.3 is 24.8 Å². The molecule has 9 nitrogen and oxygen atoms in total. The minimum Gasteiger partial charge on any atom is -0.378 e. The van der Waals surface area contributed by atoms with Crippen LogP contribution in [0.2, 0.25) is 0 Å². The molecule has 0 radical (unpaired) electrons. The van der Waals surface area contributed by atoms with Gasteiger partial charge in [-0.3, -0.25) is 9.59 Å². The number of carbonyl (C=O) groups excluding carboxylic acids is 2. The first-order valence-corrected chi connectivity index (χ1v) is 10.2. The fourth-order valence-electron chi connectivity index (χ4n) is 3.64. The van der Waals surface area contributed by atoms with E-state index in [-0.39, 0.29) is 18.4 Å². The summed E-state index contributed by atoms with van der Waals surface area (Å²) < 4.78 is 5.40. The number of nitrogens with one attached hydrogen (secondary N) is 1. The van der Waals surface area contributed by atoms with E-state index in [2.05, 4.69) is 31.4 Å².